The number of aliphatic carboxylic acids is 1. The summed E-state index contributed by atoms with van der Waals surface area (Å²) < 4.78 is 15.4. The molecule has 1 N–H and O–H groups in total. The molecule has 0 radical (unpaired) electrons. The highest BCUT2D eigenvalue weighted by atomic mass is 16.5. The number of rotatable bonds is 6. The topological polar surface area (TPSA) is 85.3 Å². The Kier molecular flexibility index (Phi) is 5.74. The van der Waals surface area contributed by atoms with Crippen LogP contribution in [0.1, 0.15) is 10.4 Å². The van der Waals surface area contributed by atoms with Gasteiger partial charge in [-0.2, -0.15) is 0 Å². The molecular formula is C15H19NO6. The lowest BCUT2D eigenvalue weighted by Gasteiger charge is -2.30. The Bertz CT molecular complexity index is 515. The minimum Gasteiger partial charge on any atom is -0.491 e. The molecule has 1 saturated heterocycles. The molecule has 1 atom stereocenters. The Hall–Kier alpha value is -2.12. The summed E-state index contributed by atoms with van der Waals surface area (Å²) in [5, 5.41) is 8.96. The first kappa shape index (κ1) is 16.3. The van der Waals surface area contributed by atoms with Gasteiger partial charge in [0.1, 0.15) is 12.4 Å². The summed E-state index contributed by atoms with van der Waals surface area (Å²) in [4.78, 5) is 24.8. The molecule has 0 aromatic heterocycles. The Morgan fingerprint density at radius 3 is 2.68 bits per heavy atom. The van der Waals surface area contributed by atoms with Crippen molar-refractivity contribution in [3.63, 3.8) is 0 Å². The lowest BCUT2D eigenvalue weighted by Crippen LogP contribution is -2.48. The van der Waals surface area contributed by atoms with Crippen LogP contribution in [0.25, 0.3) is 0 Å². The number of nitrogens with zero attached hydrogens (tertiary/aromatic N) is 1. The molecule has 1 fully saturated rings. The number of methoxy groups -OCH3 is 1. The van der Waals surface area contributed by atoms with Gasteiger partial charge in [0, 0.05) is 19.2 Å². The van der Waals surface area contributed by atoms with Crippen LogP contribution >= 0.6 is 0 Å². The van der Waals surface area contributed by atoms with Crippen LogP contribution in [0.5, 0.6) is 5.75 Å². The number of morpholine rings is 1. The van der Waals surface area contributed by atoms with Crippen LogP contribution in [0.4, 0.5) is 0 Å². The van der Waals surface area contributed by atoms with E-state index in [2.05, 4.69) is 0 Å². The van der Waals surface area contributed by atoms with Crippen molar-refractivity contribution in [2.75, 3.05) is 40.0 Å². The third-order valence-corrected chi connectivity index (χ3v) is 3.29. The molecule has 1 aliphatic rings. The average Bonchev–Trinajstić information content (AvgIpc) is 2.55. The van der Waals surface area contributed by atoms with Gasteiger partial charge in [0.15, 0.2) is 6.10 Å². The summed E-state index contributed by atoms with van der Waals surface area (Å²) in [5.41, 5.74) is 0.491. The highest BCUT2D eigenvalue weighted by Gasteiger charge is 2.29. The van der Waals surface area contributed by atoms with Gasteiger partial charge in [0.25, 0.3) is 5.91 Å². The first-order valence-corrected chi connectivity index (χ1v) is 6.97. The fraction of sp³-hybridized carbons (Fsp3) is 0.467. The molecule has 1 amide bonds. The van der Waals surface area contributed by atoms with Gasteiger partial charge in [-0.25, -0.2) is 4.79 Å². The van der Waals surface area contributed by atoms with E-state index in [9.17, 15) is 9.59 Å². The molecule has 7 nitrogen and oxygen atoms in total. The van der Waals surface area contributed by atoms with E-state index in [1.165, 1.54) is 4.90 Å². The van der Waals surface area contributed by atoms with Gasteiger partial charge in [-0.15, -0.1) is 0 Å². The molecular weight excluding hydrogens is 290 g/mol. The number of carboxylic acid groups (broad SMARTS) is 1. The average molecular weight is 309 g/mol. The molecule has 120 valence electrons. The lowest BCUT2D eigenvalue weighted by atomic mass is 10.1. The summed E-state index contributed by atoms with van der Waals surface area (Å²) in [6, 6.07) is 6.74. The van der Waals surface area contributed by atoms with Crippen molar-refractivity contribution >= 4 is 11.9 Å². The molecule has 0 saturated carbocycles. The lowest BCUT2D eigenvalue weighted by molar-refractivity contribution is -0.154. The number of carbonyl (C=O) groups is 2. The fourth-order valence-electron chi connectivity index (χ4n) is 2.10. The monoisotopic (exact) mass is 309 g/mol. The van der Waals surface area contributed by atoms with Crippen molar-refractivity contribution in [3.8, 4) is 5.75 Å². The van der Waals surface area contributed by atoms with E-state index >= 15 is 0 Å². The minimum atomic E-state index is -1.06. The summed E-state index contributed by atoms with van der Waals surface area (Å²) in [5.74, 6) is -0.614. The minimum absolute atomic E-state index is 0.0558. The molecule has 7 heteroatoms. The SMILES string of the molecule is COCCOc1ccc(C(=O)N2CCO[C@@H](C(=O)O)C2)cc1. The number of carboxylic acids is 1. The quantitative estimate of drug-likeness (QED) is 0.776. The molecule has 0 unspecified atom stereocenters. The second-order valence-corrected chi connectivity index (χ2v) is 4.81. The standard InChI is InChI=1S/C15H19NO6/c1-20-8-9-21-12-4-2-11(3-5-12)14(17)16-6-7-22-13(10-16)15(18)19/h2-5,13H,6-10H2,1H3,(H,18,19)/t13-/m1/s1. The Labute approximate surface area is 128 Å². The molecule has 1 heterocycles. The molecule has 1 aromatic rings. The van der Waals surface area contributed by atoms with Crippen LogP contribution in [0.3, 0.4) is 0 Å². The maximum Gasteiger partial charge on any atom is 0.334 e. The highest BCUT2D eigenvalue weighted by molar-refractivity contribution is 5.94. The predicted molar refractivity (Wildman–Crippen MR) is 77.1 cm³/mol. The Morgan fingerprint density at radius 1 is 1.32 bits per heavy atom. The van der Waals surface area contributed by atoms with Crippen LogP contribution in [0, 0.1) is 0 Å². The van der Waals surface area contributed by atoms with Crippen molar-refractivity contribution in [2.45, 2.75) is 6.10 Å². The van der Waals surface area contributed by atoms with Crippen LogP contribution in [0.2, 0.25) is 0 Å². The zero-order chi connectivity index (χ0) is 15.9. The van der Waals surface area contributed by atoms with E-state index in [1.54, 1.807) is 31.4 Å². The Balaban J connectivity index is 1.95. The molecule has 0 bridgehead atoms. The number of hydrogen-bond acceptors (Lipinski definition) is 5. The summed E-state index contributed by atoms with van der Waals surface area (Å²) >= 11 is 0. The zero-order valence-electron chi connectivity index (χ0n) is 12.4. The molecule has 2 rings (SSSR count). The van der Waals surface area contributed by atoms with Crippen LogP contribution in [0.15, 0.2) is 24.3 Å². The van der Waals surface area contributed by atoms with Gasteiger partial charge in [-0.05, 0) is 24.3 Å². The van der Waals surface area contributed by atoms with Crippen molar-refractivity contribution in [1.29, 1.82) is 0 Å². The molecule has 0 aliphatic carbocycles. The van der Waals surface area contributed by atoms with Crippen LogP contribution < -0.4 is 4.74 Å². The maximum atomic E-state index is 12.4. The van der Waals surface area contributed by atoms with Crippen LogP contribution in [-0.2, 0) is 14.3 Å². The van der Waals surface area contributed by atoms with Gasteiger partial charge in [-0.3, -0.25) is 4.79 Å². The fourth-order valence-corrected chi connectivity index (χ4v) is 2.10. The van der Waals surface area contributed by atoms with Gasteiger partial charge in [0.05, 0.1) is 19.8 Å². The molecule has 22 heavy (non-hydrogen) atoms. The van der Waals surface area contributed by atoms with E-state index < -0.39 is 12.1 Å². The summed E-state index contributed by atoms with van der Waals surface area (Å²) in [6.45, 7) is 1.59. The van der Waals surface area contributed by atoms with E-state index in [4.69, 9.17) is 19.3 Å². The second-order valence-electron chi connectivity index (χ2n) is 4.81. The summed E-state index contributed by atoms with van der Waals surface area (Å²) in [7, 11) is 1.60. The largest absolute Gasteiger partial charge is 0.491 e. The van der Waals surface area contributed by atoms with Crippen molar-refractivity contribution in [1.82, 2.24) is 4.90 Å². The molecule has 0 spiro atoms. The van der Waals surface area contributed by atoms with Gasteiger partial charge < -0.3 is 24.2 Å². The molecule has 1 aliphatic heterocycles. The summed E-state index contributed by atoms with van der Waals surface area (Å²) in [6.07, 6.45) is -0.964. The highest BCUT2D eigenvalue weighted by Crippen LogP contribution is 2.15. The third kappa shape index (κ3) is 4.19. The van der Waals surface area contributed by atoms with Crippen molar-refractivity contribution in [2.24, 2.45) is 0 Å². The number of carbonyl (C=O) groups excluding carboxylic acids is 1. The van der Waals surface area contributed by atoms with Crippen molar-refractivity contribution in [3.05, 3.63) is 29.8 Å². The van der Waals surface area contributed by atoms with Crippen molar-refractivity contribution < 1.29 is 28.9 Å². The predicted octanol–water partition coefficient (Wildman–Crippen LogP) is 0.637. The maximum absolute atomic E-state index is 12.4. The Morgan fingerprint density at radius 2 is 2.05 bits per heavy atom. The van der Waals surface area contributed by atoms with Gasteiger partial charge in [0.2, 0.25) is 0 Å². The normalized spacial score (nSPS) is 18.0. The number of amides is 1. The third-order valence-electron chi connectivity index (χ3n) is 3.29. The van der Waals surface area contributed by atoms with Gasteiger partial charge in [-0.1, -0.05) is 0 Å². The van der Waals surface area contributed by atoms with Gasteiger partial charge >= 0.3 is 5.97 Å². The first-order valence-electron chi connectivity index (χ1n) is 6.97. The van der Waals surface area contributed by atoms with E-state index in [0.717, 1.165) is 0 Å². The first-order chi connectivity index (χ1) is 10.6. The van der Waals surface area contributed by atoms with Crippen LogP contribution in [-0.4, -0.2) is 68.0 Å². The number of hydrogen-bond donors (Lipinski definition) is 1. The van der Waals surface area contributed by atoms with E-state index in [1.807, 2.05) is 0 Å². The second kappa shape index (κ2) is 7.77. The smallest absolute Gasteiger partial charge is 0.334 e. The zero-order valence-corrected chi connectivity index (χ0v) is 12.4. The van der Waals surface area contributed by atoms with E-state index in [0.29, 0.717) is 31.1 Å². The number of ether oxygens (including phenoxy) is 3. The number of benzene rings is 1. The molecule has 1 aromatic carbocycles. The van der Waals surface area contributed by atoms with E-state index in [-0.39, 0.29) is 19.1 Å².